The normalized spacial score (nSPS) is 11.1. The minimum absolute atomic E-state index is 0.271. The van der Waals surface area contributed by atoms with Crippen molar-refractivity contribution in [3.05, 3.63) is 69.0 Å². The van der Waals surface area contributed by atoms with E-state index in [-0.39, 0.29) is 5.82 Å². The van der Waals surface area contributed by atoms with Gasteiger partial charge in [0.1, 0.15) is 22.3 Å². The van der Waals surface area contributed by atoms with Crippen molar-refractivity contribution >= 4 is 56.3 Å². The first kappa shape index (κ1) is 18.2. The Bertz CT molecular complexity index is 1160. The summed E-state index contributed by atoms with van der Waals surface area (Å²) in [7, 11) is 0. The van der Waals surface area contributed by atoms with E-state index < -0.39 is 0 Å². The lowest BCUT2D eigenvalue weighted by Gasteiger charge is -2.12. The molecule has 0 spiro atoms. The standard InChI is InChI=1S/C20H14Cl2FN3S/c1-10-16(12-6-8-13(23)9-7-12)17-19(24-11(2)25-20(17)27-10)26-15-5-3-4-14(21)18(15)22/h3-9H,1-2H3,(H,24,25,26). The van der Waals surface area contributed by atoms with Crippen molar-refractivity contribution in [2.75, 3.05) is 5.32 Å². The Labute approximate surface area is 169 Å². The molecule has 4 rings (SSSR count). The average Bonchev–Trinajstić information content (AvgIpc) is 2.95. The number of aryl methyl sites for hydroxylation is 2. The van der Waals surface area contributed by atoms with Gasteiger partial charge in [0.05, 0.1) is 21.1 Å². The van der Waals surface area contributed by atoms with Gasteiger partial charge >= 0.3 is 0 Å². The Balaban J connectivity index is 1.94. The van der Waals surface area contributed by atoms with Gasteiger partial charge in [0.15, 0.2) is 0 Å². The number of hydrogen-bond donors (Lipinski definition) is 1. The highest BCUT2D eigenvalue weighted by Gasteiger charge is 2.19. The molecule has 0 aliphatic rings. The summed E-state index contributed by atoms with van der Waals surface area (Å²) in [5.41, 5.74) is 2.56. The zero-order valence-corrected chi connectivity index (χ0v) is 16.8. The quantitative estimate of drug-likeness (QED) is 0.383. The van der Waals surface area contributed by atoms with Gasteiger partial charge in [0.2, 0.25) is 0 Å². The zero-order valence-electron chi connectivity index (χ0n) is 14.5. The molecule has 0 atom stereocenters. The Hall–Kier alpha value is -2.21. The number of nitrogens with one attached hydrogen (secondary N) is 1. The van der Waals surface area contributed by atoms with Crippen LogP contribution in [0.5, 0.6) is 0 Å². The number of halogens is 3. The van der Waals surface area contributed by atoms with E-state index in [9.17, 15) is 4.39 Å². The van der Waals surface area contributed by atoms with E-state index in [4.69, 9.17) is 23.2 Å². The highest BCUT2D eigenvalue weighted by molar-refractivity contribution is 7.19. The molecule has 0 aliphatic carbocycles. The first-order valence-electron chi connectivity index (χ1n) is 8.19. The zero-order chi connectivity index (χ0) is 19.1. The van der Waals surface area contributed by atoms with Crippen LogP contribution < -0.4 is 5.32 Å². The van der Waals surface area contributed by atoms with Gasteiger partial charge in [-0.25, -0.2) is 14.4 Å². The third kappa shape index (κ3) is 3.38. The molecule has 0 radical (unpaired) electrons. The van der Waals surface area contributed by atoms with Crippen LogP contribution in [0, 0.1) is 19.7 Å². The molecule has 2 aromatic carbocycles. The van der Waals surface area contributed by atoms with Gasteiger partial charge in [-0.2, -0.15) is 0 Å². The second-order valence-corrected chi connectivity index (χ2v) is 8.05. The fraction of sp³-hybridized carbons (Fsp3) is 0.100. The van der Waals surface area contributed by atoms with Crippen molar-refractivity contribution in [2.45, 2.75) is 13.8 Å². The van der Waals surface area contributed by atoms with Crippen LogP contribution in [0.3, 0.4) is 0 Å². The summed E-state index contributed by atoms with van der Waals surface area (Å²) in [5.74, 6) is 1.02. The van der Waals surface area contributed by atoms with Crippen molar-refractivity contribution in [3.63, 3.8) is 0 Å². The third-order valence-corrected chi connectivity index (χ3v) is 5.99. The molecule has 4 aromatic rings. The molecule has 1 N–H and O–H groups in total. The fourth-order valence-electron chi connectivity index (χ4n) is 3.00. The maximum absolute atomic E-state index is 13.4. The summed E-state index contributed by atoms with van der Waals surface area (Å²) in [6, 6.07) is 11.8. The minimum atomic E-state index is -0.271. The molecule has 0 saturated carbocycles. The molecule has 27 heavy (non-hydrogen) atoms. The predicted molar refractivity (Wildman–Crippen MR) is 112 cm³/mol. The van der Waals surface area contributed by atoms with Crippen molar-refractivity contribution < 1.29 is 4.39 Å². The minimum Gasteiger partial charge on any atom is -0.338 e. The third-order valence-electron chi connectivity index (χ3n) is 4.18. The molecule has 2 heterocycles. The molecule has 0 amide bonds. The molecule has 136 valence electrons. The molecule has 3 nitrogen and oxygen atoms in total. The molecule has 0 saturated heterocycles. The van der Waals surface area contributed by atoms with Gasteiger partial charge in [-0.1, -0.05) is 41.4 Å². The maximum atomic E-state index is 13.4. The number of anilines is 2. The Morgan fingerprint density at radius 2 is 1.74 bits per heavy atom. The SMILES string of the molecule is Cc1nc(Nc2cccc(Cl)c2Cl)c2c(-c3ccc(F)cc3)c(C)sc2n1. The van der Waals surface area contributed by atoms with E-state index >= 15 is 0 Å². The lowest BCUT2D eigenvalue weighted by Crippen LogP contribution is -1.99. The van der Waals surface area contributed by atoms with Crippen LogP contribution in [-0.2, 0) is 0 Å². The van der Waals surface area contributed by atoms with E-state index in [2.05, 4.69) is 15.3 Å². The molecular formula is C20H14Cl2FN3S. The van der Waals surface area contributed by atoms with Gasteiger partial charge in [0.25, 0.3) is 0 Å². The van der Waals surface area contributed by atoms with Crippen molar-refractivity contribution in [1.82, 2.24) is 9.97 Å². The van der Waals surface area contributed by atoms with Gasteiger partial charge in [-0.15, -0.1) is 11.3 Å². The van der Waals surface area contributed by atoms with Crippen LogP contribution in [0.25, 0.3) is 21.3 Å². The second kappa shape index (κ2) is 7.08. The molecule has 0 fully saturated rings. The van der Waals surface area contributed by atoms with E-state index in [1.54, 1.807) is 29.5 Å². The number of thiophene rings is 1. The average molecular weight is 418 g/mol. The monoisotopic (exact) mass is 417 g/mol. The predicted octanol–water partition coefficient (Wildman–Crippen LogP) is 7.16. The van der Waals surface area contributed by atoms with Crippen molar-refractivity contribution in [1.29, 1.82) is 0 Å². The van der Waals surface area contributed by atoms with E-state index in [1.807, 2.05) is 26.0 Å². The molecule has 0 aliphatic heterocycles. The van der Waals surface area contributed by atoms with Gasteiger partial charge in [-0.05, 0) is 43.7 Å². The summed E-state index contributed by atoms with van der Waals surface area (Å²) in [6.07, 6.45) is 0. The first-order valence-corrected chi connectivity index (χ1v) is 9.76. The summed E-state index contributed by atoms with van der Waals surface area (Å²) in [4.78, 5) is 11.1. The van der Waals surface area contributed by atoms with Crippen LogP contribution in [0.4, 0.5) is 15.9 Å². The Kier molecular flexibility index (Phi) is 4.76. The van der Waals surface area contributed by atoms with Crippen molar-refractivity contribution in [3.8, 4) is 11.1 Å². The topological polar surface area (TPSA) is 37.8 Å². The van der Waals surface area contributed by atoms with E-state index in [0.29, 0.717) is 27.4 Å². The number of aromatic nitrogens is 2. The van der Waals surface area contributed by atoms with E-state index in [0.717, 1.165) is 26.2 Å². The molecule has 7 heteroatoms. The lowest BCUT2D eigenvalue weighted by atomic mass is 10.0. The number of nitrogens with zero attached hydrogens (tertiary/aromatic N) is 2. The first-order chi connectivity index (χ1) is 12.9. The van der Waals surface area contributed by atoms with Crippen LogP contribution in [0.2, 0.25) is 10.0 Å². The molecule has 0 unspecified atom stereocenters. The number of benzene rings is 2. The van der Waals surface area contributed by atoms with Gasteiger partial charge < -0.3 is 5.32 Å². The van der Waals surface area contributed by atoms with Gasteiger partial charge in [0, 0.05) is 10.4 Å². The van der Waals surface area contributed by atoms with E-state index in [1.165, 1.54) is 12.1 Å². The van der Waals surface area contributed by atoms with Gasteiger partial charge in [-0.3, -0.25) is 0 Å². The van der Waals surface area contributed by atoms with Crippen LogP contribution in [0.1, 0.15) is 10.7 Å². The highest BCUT2D eigenvalue weighted by Crippen LogP contribution is 2.42. The molecular weight excluding hydrogens is 404 g/mol. The number of rotatable bonds is 3. The number of hydrogen-bond acceptors (Lipinski definition) is 4. The fourth-order valence-corrected chi connectivity index (χ4v) is 4.44. The summed E-state index contributed by atoms with van der Waals surface area (Å²) >= 11 is 14.1. The molecule has 0 bridgehead atoms. The van der Waals surface area contributed by atoms with Crippen molar-refractivity contribution in [2.24, 2.45) is 0 Å². The van der Waals surface area contributed by atoms with Crippen LogP contribution in [-0.4, -0.2) is 9.97 Å². The second-order valence-electron chi connectivity index (χ2n) is 6.07. The summed E-state index contributed by atoms with van der Waals surface area (Å²) in [5, 5.41) is 5.07. The molecule has 2 aromatic heterocycles. The van der Waals surface area contributed by atoms with Crippen LogP contribution in [0.15, 0.2) is 42.5 Å². The Morgan fingerprint density at radius 3 is 2.48 bits per heavy atom. The Morgan fingerprint density at radius 1 is 1.00 bits per heavy atom. The highest BCUT2D eigenvalue weighted by atomic mass is 35.5. The largest absolute Gasteiger partial charge is 0.338 e. The lowest BCUT2D eigenvalue weighted by molar-refractivity contribution is 0.628. The maximum Gasteiger partial charge on any atom is 0.143 e. The summed E-state index contributed by atoms with van der Waals surface area (Å²) in [6.45, 7) is 3.87. The number of fused-ring (bicyclic) bond motifs is 1. The smallest absolute Gasteiger partial charge is 0.143 e. The van der Waals surface area contributed by atoms with Crippen LogP contribution >= 0.6 is 34.5 Å². The summed E-state index contributed by atoms with van der Waals surface area (Å²) < 4.78 is 13.4.